The number of aryl methyl sites for hydroxylation is 1. The van der Waals surface area contributed by atoms with Gasteiger partial charge in [0.2, 0.25) is 11.8 Å². The van der Waals surface area contributed by atoms with Crippen LogP contribution in [0.5, 0.6) is 5.75 Å². The molecule has 1 aromatic carbocycles. The lowest BCUT2D eigenvalue weighted by molar-refractivity contribution is -0.129. The summed E-state index contributed by atoms with van der Waals surface area (Å²) in [4.78, 5) is 32.6. The second-order valence-electron chi connectivity index (χ2n) is 9.82. The Labute approximate surface area is 238 Å². The molecule has 11 heteroatoms. The summed E-state index contributed by atoms with van der Waals surface area (Å²) in [6.45, 7) is -3.86. The van der Waals surface area contributed by atoms with E-state index in [-0.39, 0.29) is 40.7 Å². The van der Waals surface area contributed by atoms with Gasteiger partial charge < -0.3 is 19.5 Å². The third kappa shape index (κ3) is 5.45. The van der Waals surface area contributed by atoms with Crippen molar-refractivity contribution in [2.24, 2.45) is 12.9 Å². The van der Waals surface area contributed by atoms with Crippen molar-refractivity contribution in [1.29, 1.82) is 0 Å². The van der Waals surface area contributed by atoms with Crippen molar-refractivity contribution < 1.29 is 31.6 Å². The van der Waals surface area contributed by atoms with Crippen molar-refractivity contribution in [3.8, 4) is 17.0 Å². The highest BCUT2D eigenvalue weighted by Crippen LogP contribution is 2.40. The topological polar surface area (TPSA) is 76.5 Å². The van der Waals surface area contributed by atoms with Gasteiger partial charge in [-0.15, -0.1) is 0 Å². The van der Waals surface area contributed by atoms with Crippen molar-refractivity contribution in [1.82, 2.24) is 14.5 Å². The highest BCUT2D eigenvalue weighted by molar-refractivity contribution is 6.31. The molecule has 7 nitrogen and oxygen atoms in total. The fraction of sp³-hybridized carbons (Fsp3) is 0.345. The highest BCUT2D eigenvalue weighted by Gasteiger charge is 2.32. The lowest BCUT2D eigenvalue weighted by atomic mass is 9.93. The highest BCUT2D eigenvalue weighted by atomic mass is 35.5. The molecule has 1 N–H and O–H groups in total. The van der Waals surface area contributed by atoms with Gasteiger partial charge in [-0.25, -0.2) is 4.39 Å². The zero-order valence-electron chi connectivity index (χ0n) is 24.5. The molecule has 40 heavy (non-hydrogen) atoms. The van der Waals surface area contributed by atoms with Crippen LogP contribution in [0.25, 0.3) is 16.8 Å². The van der Waals surface area contributed by atoms with E-state index in [0.29, 0.717) is 36.2 Å². The van der Waals surface area contributed by atoms with Gasteiger partial charge in [0.25, 0.3) is 0 Å². The van der Waals surface area contributed by atoms with Crippen LogP contribution in [0.4, 0.5) is 18.9 Å². The molecule has 2 amide bonds. The van der Waals surface area contributed by atoms with E-state index in [1.165, 1.54) is 24.5 Å². The molecular weight excluding hydrogens is 545 g/mol. The lowest BCUT2D eigenvalue weighted by Gasteiger charge is -2.34. The minimum absolute atomic E-state index is 0.105. The number of hydrogen-bond acceptors (Lipinski definition) is 4. The summed E-state index contributed by atoms with van der Waals surface area (Å²) < 4.78 is 70.8. The lowest BCUT2D eigenvalue weighted by Crippen LogP contribution is -2.38. The summed E-state index contributed by atoms with van der Waals surface area (Å²) in [5.41, 5.74) is 1.47. The maximum Gasteiger partial charge on any atom is 0.387 e. The number of benzene rings is 1. The molecule has 5 rings (SSSR count). The number of ether oxygens (including phenoxy) is 1. The van der Waals surface area contributed by atoms with Crippen LogP contribution < -0.4 is 10.1 Å². The van der Waals surface area contributed by atoms with Crippen molar-refractivity contribution in [3.05, 3.63) is 70.9 Å². The number of anilines is 1. The van der Waals surface area contributed by atoms with E-state index < -0.39 is 43.0 Å². The third-order valence-corrected chi connectivity index (χ3v) is 7.57. The van der Waals surface area contributed by atoms with Crippen LogP contribution in [0.15, 0.2) is 48.8 Å². The predicted octanol–water partition coefficient (Wildman–Crippen LogP) is 6.60. The summed E-state index contributed by atoms with van der Waals surface area (Å²) in [5, 5.41) is 2.56. The van der Waals surface area contributed by atoms with Crippen molar-refractivity contribution >= 4 is 34.7 Å². The summed E-state index contributed by atoms with van der Waals surface area (Å²) >= 11 is 5.93. The number of pyridine rings is 1. The Morgan fingerprint density at radius 3 is 2.80 bits per heavy atom. The van der Waals surface area contributed by atoms with Crippen LogP contribution in [0.3, 0.4) is 0 Å². The zero-order chi connectivity index (χ0) is 31.1. The summed E-state index contributed by atoms with van der Waals surface area (Å²) in [6.07, 6.45) is 5.68. The Morgan fingerprint density at radius 1 is 1.23 bits per heavy atom. The molecule has 0 unspecified atom stereocenters. The van der Waals surface area contributed by atoms with Crippen molar-refractivity contribution in [2.45, 2.75) is 45.3 Å². The van der Waals surface area contributed by atoms with E-state index in [2.05, 4.69) is 15.0 Å². The van der Waals surface area contributed by atoms with Crippen LogP contribution in [-0.2, 0) is 16.6 Å². The molecule has 2 atom stereocenters. The number of fused-ring (bicyclic) bond motifs is 4. The molecule has 210 valence electrons. The minimum Gasteiger partial charge on any atom is -0.434 e. The summed E-state index contributed by atoms with van der Waals surface area (Å²) in [6, 6.07) is 6.53. The molecule has 3 aromatic rings. The number of rotatable bonds is 4. The van der Waals surface area contributed by atoms with Gasteiger partial charge in [0.05, 0.1) is 33.7 Å². The number of carbonyl (C=O) groups excluding carboxylic acids is 2. The largest absolute Gasteiger partial charge is 0.434 e. The van der Waals surface area contributed by atoms with Gasteiger partial charge in [-0.1, -0.05) is 24.9 Å². The number of aromatic nitrogens is 2. The quantitative estimate of drug-likeness (QED) is 0.380. The third-order valence-electron chi connectivity index (χ3n) is 7.28. The van der Waals surface area contributed by atoms with Crippen molar-refractivity contribution in [2.75, 3.05) is 11.9 Å². The Balaban J connectivity index is 1.56. The van der Waals surface area contributed by atoms with Crippen LogP contribution in [-0.4, -0.2) is 39.4 Å². The van der Waals surface area contributed by atoms with Gasteiger partial charge in [-0.2, -0.15) is 8.78 Å². The number of alkyl halides is 2. The van der Waals surface area contributed by atoms with Crippen molar-refractivity contribution in [3.63, 3.8) is 0 Å². The molecule has 0 fully saturated rings. The molecule has 0 radical (unpaired) electrons. The Kier molecular flexibility index (Phi) is 6.83. The van der Waals surface area contributed by atoms with Gasteiger partial charge in [0.1, 0.15) is 5.75 Å². The smallest absolute Gasteiger partial charge is 0.387 e. The summed E-state index contributed by atoms with van der Waals surface area (Å²) in [5.74, 6) is -2.55. The molecule has 2 bridgehead atoms. The SMILES string of the molecule is [2H]C([2H])([2H])n1ccc2c1-c1ccnc(c1)[C@@H](N1CCC(c3c(OC(F)F)ccc(Cl)c3F)=CC1=O)CCC[C@@H](C)C(=O)N2. The maximum absolute atomic E-state index is 15.0. The number of nitrogens with one attached hydrogen (secondary N) is 1. The predicted molar refractivity (Wildman–Crippen MR) is 145 cm³/mol. The summed E-state index contributed by atoms with van der Waals surface area (Å²) in [7, 11) is 0. The fourth-order valence-electron chi connectivity index (χ4n) is 5.26. The average molecular weight is 576 g/mol. The van der Waals surface area contributed by atoms with Crippen LogP contribution in [0.2, 0.25) is 5.02 Å². The van der Waals surface area contributed by atoms with Gasteiger partial charge in [0.15, 0.2) is 5.82 Å². The number of carbonyl (C=O) groups is 2. The fourth-order valence-corrected chi connectivity index (χ4v) is 5.42. The van der Waals surface area contributed by atoms with Gasteiger partial charge >= 0.3 is 6.61 Å². The van der Waals surface area contributed by atoms with E-state index in [0.717, 1.165) is 16.7 Å². The molecule has 2 aliphatic rings. The minimum atomic E-state index is -3.21. The van der Waals surface area contributed by atoms with Gasteiger partial charge in [-0.05, 0) is 55.2 Å². The van der Waals surface area contributed by atoms with Gasteiger partial charge in [0, 0.05) is 47.6 Å². The first kappa shape index (κ1) is 24.0. The standard InChI is InChI=1S/C29H28ClF3N4O3/c1-16-4-3-5-22(21-14-18(8-11-34-21)27-20(35-28(16)39)10-12-36(27)2)37-13-9-17(15-24(37)38)25-23(40-29(32)33)7-6-19(30)26(25)31/h6-8,10-12,14-16,22,29H,3-5,9,13H2,1-2H3,(H,35,39)/t16-,22+/m1/s1/i2D3. The Bertz CT molecular complexity index is 1590. The second kappa shape index (κ2) is 11.4. The Hall–Kier alpha value is -3.79. The first-order valence-electron chi connectivity index (χ1n) is 14.3. The molecule has 0 spiro atoms. The normalized spacial score (nSPS) is 21.3. The molecule has 0 saturated carbocycles. The van der Waals surface area contributed by atoms with E-state index in [1.807, 2.05) is 0 Å². The van der Waals surface area contributed by atoms with Crippen LogP contribution in [0, 0.1) is 11.7 Å². The molecule has 0 aliphatic carbocycles. The second-order valence-corrected chi connectivity index (χ2v) is 10.2. The Morgan fingerprint density at radius 2 is 2.05 bits per heavy atom. The van der Waals surface area contributed by atoms with Crippen LogP contribution in [0.1, 0.15) is 54.0 Å². The molecular formula is C29H28ClF3N4O3. The van der Waals surface area contributed by atoms with Gasteiger partial charge in [-0.3, -0.25) is 14.6 Å². The maximum atomic E-state index is 15.0. The first-order valence-corrected chi connectivity index (χ1v) is 13.2. The van der Waals surface area contributed by atoms with E-state index in [9.17, 15) is 18.4 Å². The molecule has 2 aromatic heterocycles. The van der Waals surface area contributed by atoms with E-state index in [4.69, 9.17) is 15.7 Å². The number of hydrogen-bond donors (Lipinski definition) is 1. The molecule has 2 aliphatic heterocycles. The number of amides is 2. The zero-order valence-corrected chi connectivity index (χ0v) is 22.2. The molecule has 4 heterocycles. The molecule has 0 saturated heterocycles. The van der Waals surface area contributed by atoms with E-state index >= 15 is 4.39 Å². The van der Waals surface area contributed by atoms with E-state index in [1.54, 1.807) is 24.0 Å². The first-order chi connectivity index (χ1) is 20.3. The number of nitrogens with zero attached hydrogens (tertiary/aromatic N) is 3. The average Bonchev–Trinajstić information content (AvgIpc) is 3.37. The number of halogens is 4. The monoisotopic (exact) mass is 575 g/mol. The van der Waals surface area contributed by atoms with Crippen LogP contribution >= 0.6 is 11.6 Å².